The third-order valence-corrected chi connectivity index (χ3v) is 3.21. The van der Waals surface area contributed by atoms with Gasteiger partial charge in [-0.25, -0.2) is 0 Å². The second kappa shape index (κ2) is 4.96. The molecule has 0 saturated carbocycles. The van der Waals surface area contributed by atoms with Crippen LogP contribution in [0.2, 0.25) is 0 Å². The topological polar surface area (TPSA) is 106 Å². The van der Waals surface area contributed by atoms with Crippen LogP contribution in [0.25, 0.3) is 0 Å². The molecular formula is C11H18N6O2. The van der Waals surface area contributed by atoms with Crippen molar-refractivity contribution < 1.29 is 9.59 Å². The van der Waals surface area contributed by atoms with Crippen LogP contribution in [0.3, 0.4) is 0 Å². The maximum atomic E-state index is 12.4. The second-order valence-corrected chi connectivity index (χ2v) is 4.93. The van der Waals surface area contributed by atoms with Crippen molar-refractivity contribution in [3.05, 3.63) is 11.9 Å². The third-order valence-electron chi connectivity index (χ3n) is 3.21. The minimum atomic E-state index is -0.882. The first-order chi connectivity index (χ1) is 8.96. The molecule has 8 nitrogen and oxygen atoms in total. The van der Waals surface area contributed by atoms with Crippen LogP contribution in [0.4, 0.5) is 0 Å². The Morgan fingerprint density at radius 1 is 1.58 bits per heavy atom. The van der Waals surface area contributed by atoms with E-state index in [1.165, 1.54) is 9.58 Å². The van der Waals surface area contributed by atoms with E-state index in [0.717, 1.165) is 0 Å². The largest absolute Gasteiger partial charge is 0.352 e. The van der Waals surface area contributed by atoms with Gasteiger partial charge in [0.15, 0.2) is 5.69 Å². The summed E-state index contributed by atoms with van der Waals surface area (Å²) < 4.78 is 1.52. The summed E-state index contributed by atoms with van der Waals surface area (Å²) in [6, 6.07) is 0. The van der Waals surface area contributed by atoms with E-state index in [0.29, 0.717) is 26.2 Å². The van der Waals surface area contributed by atoms with Crippen molar-refractivity contribution in [2.45, 2.75) is 25.9 Å². The minimum absolute atomic E-state index is 0.165. The molecule has 104 valence electrons. The van der Waals surface area contributed by atoms with Gasteiger partial charge in [0.05, 0.1) is 12.7 Å². The van der Waals surface area contributed by atoms with Gasteiger partial charge < -0.3 is 16.0 Å². The van der Waals surface area contributed by atoms with Crippen LogP contribution in [-0.4, -0.2) is 56.9 Å². The zero-order valence-corrected chi connectivity index (χ0v) is 11.1. The molecule has 0 aromatic carbocycles. The van der Waals surface area contributed by atoms with Crippen LogP contribution in [0.1, 0.15) is 24.3 Å². The molecule has 2 rings (SSSR count). The Kier molecular flexibility index (Phi) is 3.52. The van der Waals surface area contributed by atoms with Crippen molar-refractivity contribution in [3.8, 4) is 0 Å². The van der Waals surface area contributed by atoms with E-state index in [2.05, 4.69) is 15.6 Å². The van der Waals surface area contributed by atoms with Crippen molar-refractivity contribution >= 4 is 11.8 Å². The lowest BCUT2D eigenvalue weighted by Gasteiger charge is -2.40. The number of hydrogen-bond acceptors (Lipinski definition) is 5. The molecule has 2 heterocycles. The lowest BCUT2D eigenvalue weighted by molar-refractivity contribution is -0.133. The Balaban J connectivity index is 2.20. The van der Waals surface area contributed by atoms with Gasteiger partial charge in [-0.2, -0.15) is 0 Å². The van der Waals surface area contributed by atoms with Gasteiger partial charge in [0.2, 0.25) is 5.91 Å². The predicted molar refractivity (Wildman–Crippen MR) is 67.2 cm³/mol. The Morgan fingerprint density at radius 3 is 3.00 bits per heavy atom. The zero-order chi connectivity index (χ0) is 14.0. The number of piperazine rings is 1. The Bertz CT molecular complexity index is 495. The third kappa shape index (κ3) is 2.43. The number of nitrogens with two attached hydrogens (primary N) is 1. The summed E-state index contributed by atoms with van der Waals surface area (Å²) in [6.45, 7) is 5.26. The summed E-state index contributed by atoms with van der Waals surface area (Å²) in [6.07, 6.45) is 1.55. The van der Waals surface area contributed by atoms with Crippen LogP contribution >= 0.6 is 0 Å². The van der Waals surface area contributed by atoms with Gasteiger partial charge in [-0.05, 0) is 13.8 Å². The second-order valence-electron chi connectivity index (χ2n) is 4.93. The molecule has 1 aromatic rings. The number of carbonyl (C=O) groups is 2. The Morgan fingerprint density at radius 2 is 2.32 bits per heavy atom. The van der Waals surface area contributed by atoms with Crippen molar-refractivity contribution in [1.82, 2.24) is 25.2 Å². The Hall–Kier alpha value is -1.96. The smallest absolute Gasteiger partial charge is 0.276 e. The lowest BCUT2D eigenvalue weighted by atomic mass is 9.98. The molecule has 1 saturated heterocycles. The SMILES string of the molecule is CC1(C)C(=O)NCCN1C(=O)c1cn(CCN)nn1. The normalized spacial score (nSPS) is 18.3. The van der Waals surface area contributed by atoms with Gasteiger partial charge in [-0.1, -0.05) is 5.21 Å². The highest BCUT2D eigenvalue weighted by Gasteiger charge is 2.41. The average Bonchev–Trinajstić information content (AvgIpc) is 2.81. The van der Waals surface area contributed by atoms with E-state index >= 15 is 0 Å². The summed E-state index contributed by atoms with van der Waals surface area (Å²) in [5, 5.41) is 10.4. The highest BCUT2D eigenvalue weighted by molar-refractivity contribution is 5.98. The first-order valence-electron chi connectivity index (χ1n) is 6.17. The van der Waals surface area contributed by atoms with E-state index in [4.69, 9.17) is 5.73 Å². The average molecular weight is 266 g/mol. The van der Waals surface area contributed by atoms with E-state index < -0.39 is 5.54 Å². The molecule has 1 aliphatic heterocycles. The number of amides is 2. The molecular weight excluding hydrogens is 248 g/mol. The molecule has 19 heavy (non-hydrogen) atoms. The van der Waals surface area contributed by atoms with Crippen LogP contribution in [0.15, 0.2) is 6.20 Å². The summed E-state index contributed by atoms with van der Waals surface area (Å²) in [5.74, 6) is -0.454. The van der Waals surface area contributed by atoms with Gasteiger partial charge >= 0.3 is 0 Å². The molecule has 0 unspecified atom stereocenters. The van der Waals surface area contributed by atoms with E-state index in [1.54, 1.807) is 20.0 Å². The number of nitrogens with one attached hydrogen (secondary N) is 1. The monoisotopic (exact) mass is 266 g/mol. The van der Waals surface area contributed by atoms with Crippen LogP contribution in [0, 0.1) is 0 Å². The standard InChI is InChI=1S/C11H18N6O2/c1-11(2)10(19)13-4-6-17(11)9(18)8-7-16(5-3-12)15-14-8/h7H,3-6,12H2,1-2H3,(H,13,19). The van der Waals surface area contributed by atoms with Gasteiger partial charge in [-0.15, -0.1) is 5.10 Å². The molecule has 8 heteroatoms. The first-order valence-corrected chi connectivity index (χ1v) is 6.17. The van der Waals surface area contributed by atoms with Crippen LogP contribution < -0.4 is 11.1 Å². The fourth-order valence-electron chi connectivity index (χ4n) is 2.03. The lowest BCUT2D eigenvalue weighted by Crippen LogP contribution is -2.63. The van der Waals surface area contributed by atoms with Gasteiger partial charge in [0, 0.05) is 19.6 Å². The highest BCUT2D eigenvalue weighted by Crippen LogP contribution is 2.19. The van der Waals surface area contributed by atoms with Crippen LogP contribution in [-0.2, 0) is 11.3 Å². The number of rotatable bonds is 3. The fourth-order valence-corrected chi connectivity index (χ4v) is 2.03. The molecule has 0 bridgehead atoms. The molecule has 0 atom stereocenters. The molecule has 3 N–H and O–H groups in total. The summed E-state index contributed by atoms with van der Waals surface area (Å²) >= 11 is 0. The number of nitrogens with zero attached hydrogens (tertiary/aromatic N) is 4. The van der Waals surface area contributed by atoms with E-state index in [9.17, 15) is 9.59 Å². The quantitative estimate of drug-likeness (QED) is 0.699. The van der Waals surface area contributed by atoms with Crippen molar-refractivity contribution in [3.63, 3.8) is 0 Å². The Labute approximate surface area is 110 Å². The van der Waals surface area contributed by atoms with E-state index in [1.807, 2.05) is 0 Å². The zero-order valence-electron chi connectivity index (χ0n) is 11.1. The molecule has 1 aliphatic rings. The highest BCUT2D eigenvalue weighted by atomic mass is 16.2. The van der Waals surface area contributed by atoms with Crippen molar-refractivity contribution in [1.29, 1.82) is 0 Å². The van der Waals surface area contributed by atoms with Crippen molar-refractivity contribution in [2.75, 3.05) is 19.6 Å². The van der Waals surface area contributed by atoms with Crippen LogP contribution in [0.5, 0.6) is 0 Å². The molecule has 1 fully saturated rings. The maximum Gasteiger partial charge on any atom is 0.276 e. The number of carbonyl (C=O) groups excluding carboxylic acids is 2. The first kappa shape index (κ1) is 13.5. The number of aromatic nitrogens is 3. The molecule has 1 aromatic heterocycles. The molecule has 0 aliphatic carbocycles. The van der Waals surface area contributed by atoms with Gasteiger partial charge in [0.1, 0.15) is 5.54 Å². The molecule has 2 amide bonds. The maximum absolute atomic E-state index is 12.4. The van der Waals surface area contributed by atoms with Gasteiger partial charge in [-0.3, -0.25) is 14.3 Å². The van der Waals surface area contributed by atoms with Gasteiger partial charge in [0.25, 0.3) is 5.91 Å². The minimum Gasteiger partial charge on any atom is -0.352 e. The molecule has 0 radical (unpaired) electrons. The summed E-state index contributed by atoms with van der Waals surface area (Å²) in [5.41, 5.74) is 4.76. The summed E-state index contributed by atoms with van der Waals surface area (Å²) in [4.78, 5) is 25.7. The molecule has 0 spiro atoms. The predicted octanol–water partition coefficient (Wildman–Crippen LogP) is -1.41. The fraction of sp³-hybridized carbons (Fsp3) is 0.636. The summed E-state index contributed by atoms with van der Waals surface area (Å²) in [7, 11) is 0. The van der Waals surface area contributed by atoms with E-state index in [-0.39, 0.29) is 17.5 Å². The van der Waals surface area contributed by atoms with Crippen molar-refractivity contribution in [2.24, 2.45) is 5.73 Å². The number of hydrogen-bond donors (Lipinski definition) is 2.